The van der Waals surface area contributed by atoms with Crippen LogP contribution < -0.4 is 5.73 Å². The number of hydroxylamine groups is 2. The highest BCUT2D eigenvalue weighted by Crippen LogP contribution is 2.27. The van der Waals surface area contributed by atoms with Gasteiger partial charge in [-0.3, -0.25) is 9.63 Å². The molecule has 3 atom stereocenters. The van der Waals surface area contributed by atoms with Crippen molar-refractivity contribution in [3.63, 3.8) is 0 Å². The Morgan fingerprint density at radius 1 is 1.32 bits per heavy atom. The minimum absolute atomic E-state index is 0.0397. The fourth-order valence-corrected chi connectivity index (χ4v) is 2.62. The van der Waals surface area contributed by atoms with Crippen molar-refractivity contribution in [1.82, 2.24) is 5.06 Å². The SMILES string of the molecule is N[C@@H](Cc1ccccc1)C(=O)N1OC2C=CC1CC2. The van der Waals surface area contributed by atoms with Gasteiger partial charge in [-0.15, -0.1) is 0 Å². The van der Waals surface area contributed by atoms with Gasteiger partial charge in [0.05, 0.1) is 12.1 Å². The Hall–Kier alpha value is -1.65. The van der Waals surface area contributed by atoms with Crippen LogP contribution in [-0.4, -0.2) is 29.2 Å². The molecule has 4 heteroatoms. The van der Waals surface area contributed by atoms with Gasteiger partial charge < -0.3 is 5.73 Å². The third-order valence-corrected chi connectivity index (χ3v) is 3.68. The number of nitrogens with two attached hydrogens (primary N) is 1. The Bertz CT molecular complexity index is 486. The average molecular weight is 258 g/mol. The van der Waals surface area contributed by atoms with Crippen LogP contribution in [0, 0.1) is 0 Å². The van der Waals surface area contributed by atoms with E-state index >= 15 is 0 Å². The minimum atomic E-state index is -0.546. The van der Waals surface area contributed by atoms with Crippen molar-refractivity contribution in [2.45, 2.75) is 37.5 Å². The Morgan fingerprint density at radius 3 is 2.68 bits per heavy atom. The summed E-state index contributed by atoms with van der Waals surface area (Å²) in [6, 6.07) is 9.33. The van der Waals surface area contributed by atoms with Gasteiger partial charge in [0.25, 0.3) is 5.91 Å². The van der Waals surface area contributed by atoms with Gasteiger partial charge >= 0.3 is 0 Å². The summed E-state index contributed by atoms with van der Waals surface area (Å²) >= 11 is 0. The number of hydrogen-bond acceptors (Lipinski definition) is 3. The summed E-state index contributed by atoms with van der Waals surface area (Å²) in [6.45, 7) is 0. The van der Waals surface area contributed by atoms with E-state index in [1.165, 1.54) is 5.06 Å². The molecule has 1 saturated heterocycles. The van der Waals surface area contributed by atoms with E-state index in [1.807, 2.05) is 42.5 Å². The number of benzene rings is 1. The van der Waals surface area contributed by atoms with Crippen LogP contribution in [-0.2, 0) is 16.1 Å². The van der Waals surface area contributed by atoms with Crippen LogP contribution in [0.1, 0.15) is 18.4 Å². The van der Waals surface area contributed by atoms with E-state index in [0.717, 1.165) is 18.4 Å². The van der Waals surface area contributed by atoms with Crippen molar-refractivity contribution in [3.8, 4) is 0 Å². The van der Waals surface area contributed by atoms with Gasteiger partial charge in [0.2, 0.25) is 0 Å². The fraction of sp³-hybridized carbons (Fsp3) is 0.400. The van der Waals surface area contributed by atoms with Crippen molar-refractivity contribution in [2.24, 2.45) is 5.73 Å². The predicted octanol–water partition coefficient (Wildman–Crippen LogP) is 1.42. The molecule has 19 heavy (non-hydrogen) atoms. The lowest BCUT2D eigenvalue weighted by molar-refractivity contribution is -0.231. The van der Waals surface area contributed by atoms with E-state index in [2.05, 4.69) is 0 Å². The highest BCUT2D eigenvalue weighted by atomic mass is 16.7. The Morgan fingerprint density at radius 2 is 2.11 bits per heavy atom. The van der Waals surface area contributed by atoms with Gasteiger partial charge in [-0.25, -0.2) is 5.06 Å². The van der Waals surface area contributed by atoms with Gasteiger partial charge in [0.1, 0.15) is 6.10 Å². The molecule has 100 valence electrons. The van der Waals surface area contributed by atoms with Crippen molar-refractivity contribution in [1.29, 1.82) is 0 Å². The van der Waals surface area contributed by atoms with E-state index in [4.69, 9.17) is 10.6 Å². The molecule has 0 saturated carbocycles. The molecular weight excluding hydrogens is 240 g/mol. The van der Waals surface area contributed by atoms with E-state index in [9.17, 15) is 4.79 Å². The lowest BCUT2D eigenvalue weighted by atomic mass is 9.97. The number of fused-ring (bicyclic) bond motifs is 2. The average Bonchev–Trinajstić information content (AvgIpc) is 2.48. The maximum atomic E-state index is 12.3. The summed E-state index contributed by atoms with van der Waals surface area (Å²) in [5.74, 6) is -0.122. The first-order valence-electron chi connectivity index (χ1n) is 6.72. The fourth-order valence-electron chi connectivity index (χ4n) is 2.62. The minimum Gasteiger partial charge on any atom is -0.320 e. The van der Waals surface area contributed by atoms with Crippen LogP contribution in [0.4, 0.5) is 0 Å². The second kappa shape index (κ2) is 5.15. The summed E-state index contributed by atoms with van der Waals surface area (Å²) in [5, 5.41) is 1.47. The normalized spacial score (nSPS) is 26.5. The molecule has 4 rings (SSSR count). The predicted molar refractivity (Wildman–Crippen MR) is 72.0 cm³/mol. The monoisotopic (exact) mass is 258 g/mol. The van der Waals surface area contributed by atoms with Crippen molar-refractivity contribution in [2.75, 3.05) is 0 Å². The van der Waals surface area contributed by atoms with E-state index in [0.29, 0.717) is 6.42 Å². The lowest BCUT2D eigenvalue weighted by Crippen LogP contribution is -2.54. The summed E-state index contributed by atoms with van der Waals surface area (Å²) in [7, 11) is 0. The Labute approximate surface area is 112 Å². The molecule has 1 fully saturated rings. The summed E-state index contributed by atoms with van der Waals surface area (Å²) in [6.07, 6.45) is 6.61. The molecule has 2 heterocycles. The molecule has 0 aromatic heterocycles. The van der Waals surface area contributed by atoms with Crippen LogP contribution >= 0.6 is 0 Å². The second-order valence-electron chi connectivity index (χ2n) is 5.13. The van der Waals surface area contributed by atoms with Crippen LogP contribution in [0.25, 0.3) is 0 Å². The van der Waals surface area contributed by atoms with E-state index in [-0.39, 0.29) is 18.1 Å². The zero-order chi connectivity index (χ0) is 13.2. The van der Waals surface area contributed by atoms with E-state index < -0.39 is 6.04 Å². The van der Waals surface area contributed by atoms with Crippen LogP contribution in [0.5, 0.6) is 0 Å². The largest absolute Gasteiger partial charge is 0.320 e. The molecule has 0 radical (unpaired) electrons. The topological polar surface area (TPSA) is 55.6 Å². The van der Waals surface area contributed by atoms with Gasteiger partial charge in [-0.1, -0.05) is 42.5 Å². The number of amides is 1. The molecule has 1 aromatic rings. The first kappa shape index (κ1) is 12.4. The van der Waals surface area contributed by atoms with E-state index in [1.54, 1.807) is 0 Å². The lowest BCUT2D eigenvalue weighted by Gasteiger charge is -2.41. The molecule has 2 bridgehead atoms. The molecule has 2 N–H and O–H groups in total. The molecule has 1 aromatic carbocycles. The Balaban J connectivity index is 1.66. The third kappa shape index (κ3) is 2.55. The molecule has 2 unspecified atom stereocenters. The second-order valence-corrected chi connectivity index (χ2v) is 5.13. The molecule has 2 aliphatic heterocycles. The number of nitrogens with zero attached hydrogens (tertiary/aromatic N) is 1. The molecule has 0 spiro atoms. The molecule has 4 nitrogen and oxygen atoms in total. The number of carbonyl (C=O) groups is 1. The number of rotatable bonds is 3. The van der Waals surface area contributed by atoms with Crippen LogP contribution in [0.15, 0.2) is 42.5 Å². The van der Waals surface area contributed by atoms with Crippen molar-refractivity contribution in [3.05, 3.63) is 48.0 Å². The first-order valence-corrected chi connectivity index (χ1v) is 6.72. The highest BCUT2D eigenvalue weighted by molar-refractivity contribution is 5.81. The smallest absolute Gasteiger partial charge is 0.263 e. The van der Waals surface area contributed by atoms with Crippen molar-refractivity contribution >= 4 is 5.91 Å². The number of hydrogen-bond donors (Lipinski definition) is 1. The van der Waals surface area contributed by atoms with Crippen LogP contribution in [0.3, 0.4) is 0 Å². The first-order chi connectivity index (χ1) is 9.24. The maximum absolute atomic E-state index is 12.3. The molecule has 3 aliphatic rings. The summed E-state index contributed by atoms with van der Waals surface area (Å²) in [4.78, 5) is 18.0. The van der Waals surface area contributed by atoms with Gasteiger partial charge in [0.15, 0.2) is 0 Å². The summed E-state index contributed by atoms with van der Waals surface area (Å²) in [5.41, 5.74) is 7.09. The van der Waals surface area contributed by atoms with Gasteiger partial charge in [-0.2, -0.15) is 0 Å². The highest BCUT2D eigenvalue weighted by Gasteiger charge is 2.36. The number of carbonyl (C=O) groups excluding carboxylic acids is 1. The standard InChI is InChI=1S/C15H18N2O2/c16-14(10-11-4-2-1-3-5-11)15(18)17-12-6-8-13(19-17)9-7-12/h1-6,8,12-14H,7,9-10,16H2/t12?,13?,14-/m0/s1. The van der Waals surface area contributed by atoms with Gasteiger partial charge in [-0.05, 0) is 24.8 Å². The van der Waals surface area contributed by atoms with Gasteiger partial charge in [0, 0.05) is 0 Å². The molecule has 1 amide bonds. The Kier molecular flexibility index (Phi) is 3.36. The zero-order valence-electron chi connectivity index (χ0n) is 10.7. The maximum Gasteiger partial charge on any atom is 0.263 e. The third-order valence-electron chi connectivity index (χ3n) is 3.68. The van der Waals surface area contributed by atoms with Crippen LogP contribution in [0.2, 0.25) is 0 Å². The summed E-state index contributed by atoms with van der Waals surface area (Å²) < 4.78 is 0. The van der Waals surface area contributed by atoms with Crippen molar-refractivity contribution < 1.29 is 9.63 Å². The quantitative estimate of drug-likeness (QED) is 0.834. The molecular formula is C15H18N2O2. The molecule has 1 aliphatic carbocycles. The zero-order valence-corrected chi connectivity index (χ0v) is 10.7.